The number of anilines is 1. The highest BCUT2D eigenvalue weighted by molar-refractivity contribution is 5.99. The van der Waals surface area contributed by atoms with Crippen LogP contribution in [0.25, 0.3) is 10.9 Å². The number of hydrogen-bond donors (Lipinski definition) is 1. The summed E-state index contributed by atoms with van der Waals surface area (Å²) < 4.78 is 0. The predicted molar refractivity (Wildman–Crippen MR) is 83.1 cm³/mol. The van der Waals surface area contributed by atoms with E-state index in [2.05, 4.69) is 24.1 Å². The molecule has 2 aromatic rings. The van der Waals surface area contributed by atoms with Crippen molar-refractivity contribution in [3.8, 4) is 0 Å². The molecule has 0 aliphatic rings. The molecule has 1 heterocycles. The summed E-state index contributed by atoms with van der Waals surface area (Å²) in [6.07, 6.45) is 0. The molecule has 1 N–H and O–H groups in total. The molecular formula is C16H21N3O. The molecule has 1 amide bonds. The average Bonchev–Trinajstić information content (AvgIpc) is 2.44. The van der Waals surface area contributed by atoms with Gasteiger partial charge in [0.05, 0.1) is 5.52 Å². The molecule has 4 nitrogen and oxygen atoms in total. The fraction of sp³-hybridized carbons (Fsp3) is 0.375. The van der Waals surface area contributed by atoms with E-state index in [1.807, 2.05) is 44.4 Å². The van der Waals surface area contributed by atoms with Gasteiger partial charge in [0.25, 0.3) is 5.91 Å². The maximum absolute atomic E-state index is 12.4. The van der Waals surface area contributed by atoms with E-state index in [4.69, 9.17) is 0 Å². The minimum atomic E-state index is -0.0408. The van der Waals surface area contributed by atoms with Crippen molar-refractivity contribution in [2.24, 2.45) is 5.92 Å². The third-order valence-electron chi connectivity index (χ3n) is 3.19. The summed E-state index contributed by atoms with van der Waals surface area (Å²) in [5, 5.41) is 4.16. The topological polar surface area (TPSA) is 45.2 Å². The second kappa shape index (κ2) is 5.90. The molecule has 20 heavy (non-hydrogen) atoms. The van der Waals surface area contributed by atoms with Crippen LogP contribution in [0.15, 0.2) is 30.3 Å². The van der Waals surface area contributed by atoms with Gasteiger partial charge in [0.2, 0.25) is 0 Å². The van der Waals surface area contributed by atoms with E-state index in [0.717, 1.165) is 23.1 Å². The standard InChI is InChI=1S/C16H21N3O/c1-11(2)10-19(4)16(20)15-9-14(17-3)12-7-5-6-8-13(12)18-15/h5-9,11H,10H2,1-4H3,(H,17,18). The lowest BCUT2D eigenvalue weighted by molar-refractivity contribution is 0.0774. The van der Waals surface area contributed by atoms with Crippen LogP contribution in [-0.2, 0) is 0 Å². The number of aromatic nitrogens is 1. The lowest BCUT2D eigenvalue weighted by atomic mass is 10.1. The lowest BCUT2D eigenvalue weighted by Gasteiger charge is -2.19. The first-order valence-electron chi connectivity index (χ1n) is 6.86. The summed E-state index contributed by atoms with van der Waals surface area (Å²) in [6.45, 7) is 4.91. The van der Waals surface area contributed by atoms with Crippen LogP contribution in [0.1, 0.15) is 24.3 Å². The number of amides is 1. The molecule has 0 saturated heterocycles. The number of benzene rings is 1. The highest BCUT2D eigenvalue weighted by atomic mass is 16.2. The third-order valence-corrected chi connectivity index (χ3v) is 3.19. The molecule has 0 bridgehead atoms. The van der Waals surface area contributed by atoms with Crippen molar-refractivity contribution >= 4 is 22.5 Å². The molecule has 0 fully saturated rings. The Labute approximate surface area is 119 Å². The average molecular weight is 271 g/mol. The fourth-order valence-corrected chi connectivity index (χ4v) is 2.32. The van der Waals surface area contributed by atoms with Gasteiger partial charge in [0, 0.05) is 31.7 Å². The van der Waals surface area contributed by atoms with Gasteiger partial charge in [-0.3, -0.25) is 4.79 Å². The molecule has 0 unspecified atom stereocenters. The zero-order valence-electron chi connectivity index (χ0n) is 12.5. The van der Waals surface area contributed by atoms with Gasteiger partial charge in [-0.15, -0.1) is 0 Å². The molecule has 0 atom stereocenters. The summed E-state index contributed by atoms with van der Waals surface area (Å²) in [7, 11) is 3.67. The Balaban J connectivity index is 2.42. The van der Waals surface area contributed by atoms with E-state index < -0.39 is 0 Å². The van der Waals surface area contributed by atoms with Crippen LogP contribution < -0.4 is 5.32 Å². The minimum Gasteiger partial charge on any atom is -0.388 e. The zero-order valence-corrected chi connectivity index (χ0v) is 12.5. The Morgan fingerprint density at radius 3 is 2.70 bits per heavy atom. The summed E-state index contributed by atoms with van der Waals surface area (Å²) in [5.74, 6) is 0.397. The normalized spacial score (nSPS) is 10.8. The van der Waals surface area contributed by atoms with Crippen molar-refractivity contribution in [1.82, 2.24) is 9.88 Å². The molecule has 2 rings (SSSR count). The number of hydrogen-bond acceptors (Lipinski definition) is 3. The summed E-state index contributed by atoms with van der Waals surface area (Å²) in [6, 6.07) is 9.65. The Kier molecular flexibility index (Phi) is 4.23. The third kappa shape index (κ3) is 2.90. The van der Waals surface area contributed by atoms with Gasteiger partial charge in [-0.1, -0.05) is 32.0 Å². The van der Waals surface area contributed by atoms with Crippen LogP contribution >= 0.6 is 0 Å². The molecule has 0 aliphatic heterocycles. The minimum absolute atomic E-state index is 0.0408. The molecule has 0 aliphatic carbocycles. The number of rotatable bonds is 4. The highest BCUT2D eigenvalue weighted by Crippen LogP contribution is 2.23. The zero-order chi connectivity index (χ0) is 14.7. The van der Waals surface area contributed by atoms with Gasteiger partial charge in [-0.05, 0) is 18.1 Å². The molecule has 1 aromatic heterocycles. The number of fused-ring (bicyclic) bond motifs is 1. The molecule has 0 spiro atoms. The summed E-state index contributed by atoms with van der Waals surface area (Å²) in [5.41, 5.74) is 2.24. The van der Waals surface area contributed by atoms with Crippen molar-refractivity contribution < 1.29 is 4.79 Å². The van der Waals surface area contributed by atoms with Crippen LogP contribution in [-0.4, -0.2) is 36.4 Å². The van der Waals surface area contributed by atoms with Crippen LogP contribution in [0.5, 0.6) is 0 Å². The Morgan fingerprint density at radius 1 is 1.35 bits per heavy atom. The molecule has 1 aromatic carbocycles. The SMILES string of the molecule is CNc1cc(C(=O)N(C)CC(C)C)nc2ccccc12. The first kappa shape index (κ1) is 14.3. The van der Waals surface area contributed by atoms with Crippen molar-refractivity contribution in [2.75, 3.05) is 26.0 Å². The number of nitrogens with zero attached hydrogens (tertiary/aromatic N) is 2. The number of carbonyl (C=O) groups excluding carboxylic acids is 1. The first-order chi connectivity index (χ1) is 9.52. The number of nitrogens with one attached hydrogen (secondary N) is 1. The van der Waals surface area contributed by atoms with E-state index >= 15 is 0 Å². The van der Waals surface area contributed by atoms with E-state index in [9.17, 15) is 4.79 Å². The smallest absolute Gasteiger partial charge is 0.272 e. The molecule has 0 saturated carbocycles. The Bertz CT molecular complexity index is 622. The maximum atomic E-state index is 12.4. The van der Waals surface area contributed by atoms with Gasteiger partial charge < -0.3 is 10.2 Å². The largest absolute Gasteiger partial charge is 0.388 e. The summed E-state index contributed by atoms with van der Waals surface area (Å²) in [4.78, 5) is 18.6. The lowest BCUT2D eigenvalue weighted by Crippen LogP contribution is -2.31. The van der Waals surface area contributed by atoms with Crippen molar-refractivity contribution in [2.45, 2.75) is 13.8 Å². The van der Waals surface area contributed by atoms with Crippen molar-refractivity contribution in [3.63, 3.8) is 0 Å². The molecular weight excluding hydrogens is 250 g/mol. The van der Waals surface area contributed by atoms with Crippen LogP contribution in [0.4, 0.5) is 5.69 Å². The van der Waals surface area contributed by atoms with Crippen molar-refractivity contribution in [1.29, 1.82) is 0 Å². The molecule has 4 heteroatoms. The summed E-state index contributed by atoms with van der Waals surface area (Å²) >= 11 is 0. The van der Waals surface area contributed by atoms with Crippen LogP contribution in [0.2, 0.25) is 0 Å². The van der Waals surface area contributed by atoms with E-state index in [0.29, 0.717) is 11.6 Å². The van der Waals surface area contributed by atoms with Gasteiger partial charge in [-0.25, -0.2) is 4.98 Å². The molecule has 0 radical (unpaired) electrons. The monoisotopic (exact) mass is 271 g/mol. The van der Waals surface area contributed by atoms with Crippen LogP contribution in [0, 0.1) is 5.92 Å². The second-order valence-corrected chi connectivity index (χ2v) is 5.40. The molecule has 106 valence electrons. The van der Waals surface area contributed by atoms with E-state index in [-0.39, 0.29) is 5.91 Å². The number of para-hydroxylation sites is 1. The maximum Gasteiger partial charge on any atom is 0.272 e. The number of carbonyl (C=O) groups is 1. The van der Waals surface area contributed by atoms with E-state index in [1.54, 1.807) is 4.90 Å². The van der Waals surface area contributed by atoms with E-state index in [1.165, 1.54) is 0 Å². The Morgan fingerprint density at radius 2 is 2.05 bits per heavy atom. The van der Waals surface area contributed by atoms with Crippen molar-refractivity contribution in [3.05, 3.63) is 36.0 Å². The van der Waals surface area contributed by atoms with Gasteiger partial charge in [0.15, 0.2) is 0 Å². The van der Waals surface area contributed by atoms with Gasteiger partial charge in [-0.2, -0.15) is 0 Å². The second-order valence-electron chi connectivity index (χ2n) is 5.40. The quantitative estimate of drug-likeness (QED) is 0.929. The predicted octanol–water partition coefficient (Wildman–Crippen LogP) is 3.00. The number of pyridine rings is 1. The van der Waals surface area contributed by atoms with Crippen LogP contribution in [0.3, 0.4) is 0 Å². The first-order valence-corrected chi connectivity index (χ1v) is 6.86. The fourth-order valence-electron chi connectivity index (χ4n) is 2.32. The van der Waals surface area contributed by atoms with Gasteiger partial charge >= 0.3 is 0 Å². The highest BCUT2D eigenvalue weighted by Gasteiger charge is 2.16. The van der Waals surface area contributed by atoms with Gasteiger partial charge in [0.1, 0.15) is 5.69 Å². The Hall–Kier alpha value is -2.10.